The molecule has 4 heteroatoms. The minimum absolute atomic E-state index is 0.285. The van der Waals surface area contributed by atoms with E-state index in [9.17, 15) is 5.26 Å². The molecule has 0 aromatic heterocycles. The second-order valence-corrected chi connectivity index (χ2v) is 5.27. The van der Waals surface area contributed by atoms with Gasteiger partial charge in [0.05, 0.1) is 18.8 Å². The Morgan fingerprint density at radius 1 is 1.45 bits per heavy atom. The van der Waals surface area contributed by atoms with Crippen molar-refractivity contribution in [3.8, 4) is 6.07 Å². The highest BCUT2D eigenvalue weighted by Gasteiger charge is 2.34. The molecule has 1 aliphatic rings. The summed E-state index contributed by atoms with van der Waals surface area (Å²) < 4.78 is 5.70. The number of benzene rings is 1. The number of nitrogens with one attached hydrogen (secondary N) is 1. The molecule has 1 aromatic carbocycles. The Balaban J connectivity index is 2.16. The molecule has 0 bridgehead atoms. The van der Waals surface area contributed by atoms with Crippen LogP contribution in [0, 0.1) is 11.3 Å². The summed E-state index contributed by atoms with van der Waals surface area (Å²) in [6.07, 6.45) is 1.30. The van der Waals surface area contributed by atoms with Gasteiger partial charge in [-0.25, -0.2) is 0 Å². The van der Waals surface area contributed by atoms with Gasteiger partial charge in [-0.2, -0.15) is 5.26 Å². The summed E-state index contributed by atoms with van der Waals surface area (Å²) in [4.78, 5) is 2.32. The van der Waals surface area contributed by atoms with Crippen LogP contribution in [0.5, 0.6) is 0 Å². The second-order valence-electron chi connectivity index (χ2n) is 5.27. The molecule has 1 saturated heterocycles. The number of hydrogen-bond acceptors (Lipinski definition) is 4. The van der Waals surface area contributed by atoms with Gasteiger partial charge >= 0.3 is 0 Å². The first kappa shape index (κ1) is 15.0. The van der Waals surface area contributed by atoms with Gasteiger partial charge in [0.15, 0.2) is 0 Å². The van der Waals surface area contributed by atoms with Crippen molar-refractivity contribution in [1.29, 1.82) is 5.26 Å². The number of nitrogens with zero attached hydrogens (tertiary/aromatic N) is 2. The lowest BCUT2D eigenvalue weighted by atomic mass is 9.90. The Bertz CT molecular complexity index is 457. The van der Waals surface area contributed by atoms with Gasteiger partial charge in [-0.1, -0.05) is 37.3 Å². The van der Waals surface area contributed by atoms with Gasteiger partial charge in [0.1, 0.15) is 5.54 Å². The third-order valence-corrected chi connectivity index (χ3v) is 4.02. The maximum Gasteiger partial charge on any atom is 0.144 e. The van der Waals surface area contributed by atoms with Crippen LogP contribution in [0.1, 0.15) is 18.9 Å². The number of nitriles is 1. The summed E-state index contributed by atoms with van der Waals surface area (Å²) in [6, 6.07) is 12.4. The largest absolute Gasteiger partial charge is 0.376 e. The van der Waals surface area contributed by atoms with Crippen molar-refractivity contribution in [2.75, 3.05) is 33.3 Å². The van der Waals surface area contributed by atoms with Crippen molar-refractivity contribution in [1.82, 2.24) is 10.2 Å². The lowest BCUT2D eigenvalue weighted by molar-refractivity contribution is -0.0350. The van der Waals surface area contributed by atoms with Crippen LogP contribution in [0.15, 0.2) is 30.3 Å². The Morgan fingerprint density at radius 3 is 2.80 bits per heavy atom. The molecular formula is C16H23N3O. The van der Waals surface area contributed by atoms with Crippen molar-refractivity contribution in [3.63, 3.8) is 0 Å². The van der Waals surface area contributed by atoms with Crippen LogP contribution in [0.2, 0.25) is 0 Å². The molecule has 2 rings (SSSR count). The van der Waals surface area contributed by atoms with Gasteiger partial charge in [-0.3, -0.25) is 10.2 Å². The smallest absolute Gasteiger partial charge is 0.144 e. The lowest BCUT2D eigenvalue weighted by Crippen LogP contribution is -2.53. The maximum absolute atomic E-state index is 9.71. The van der Waals surface area contributed by atoms with Gasteiger partial charge in [0.2, 0.25) is 0 Å². The van der Waals surface area contributed by atoms with E-state index in [0.717, 1.165) is 31.7 Å². The minimum Gasteiger partial charge on any atom is -0.376 e. The number of morpholine rings is 1. The predicted octanol–water partition coefficient (Wildman–Crippen LogP) is 1.74. The molecule has 4 nitrogen and oxygen atoms in total. The Kier molecular flexibility index (Phi) is 5.13. The quantitative estimate of drug-likeness (QED) is 0.887. The maximum atomic E-state index is 9.71. The molecule has 20 heavy (non-hydrogen) atoms. The van der Waals surface area contributed by atoms with Crippen LogP contribution >= 0.6 is 0 Å². The molecule has 0 amide bonds. The monoisotopic (exact) mass is 273 g/mol. The SMILES string of the molecule is CCC1CN(CC(C#N)(NC)c2ccccc2)CCO1. The van der Waals surface area contributed by atoms with Gasteiger partial charge in [0.25, 0.3) is 0 Å². The molecule has 1 N–H and O–H groups in total. The first-order valence-electron chi connectivity index (χ1n) is 7.23. The second kappa shape index (κ2) is 6.85. The van der Waals surface area contributed by atoms with Crippen LogP contribution in [0.4, 0.5) is 0 Å². The van der Waals surface area contributed by atoms with Crippen molar-refractivity contribution in [2.45, 2.75) is 25.0 Å². The van der Waals surface area contributed by atoms with Crippen molar-refractivity contribution in [3.05, 3.63) is 35.9 Å². The van der Waals surface area contributed by atoms with Gasteiger partial charge in [-0.05, 0) is 19.0 Å². The first-order chi connectivity index (χ1) is 9.74. The van der Waals surface area contributed by atoms with E-state index in [1.807, 2.05) is 37.4 Å². The fourth-order valence-corrected chi connectivity index (χ4v) is 2.70. The van der Waals surface area contributed by atoms with Crippen LogP contribution in [-0.4, -0.2) is 44.3 Å². The minimum atomic E-state index is -0.656. The number of ether oxygens (including phenoxy) is 1. The fraction of sp³-hybridized carbons (Fsp3) is 0.562. The van der Waals surface area contributed by atoms with E-state index in [0.29, 0.717) is 6.54 Å². The molecule has 0 aliphatic carbocycles. The van der Waals surface area contributed by atoms with E-state index < -0.39 is 5.54 Å². The third kappa shape index (κ3) is 3.18. The van der Waals surface area contributed by atoms with Crippen molar-refractivity contribution in [2.24, 2.45) is 0 Å². The molecule has 1 heterocycles. The molecule has 0 radical (unpaired) electrons. The highest BCUT2D eigenvalue weighted by atomic mass is 16.5. The molecular weight excluding hydrogens is 250 g/mol. The zero-order chi connectivity index (χ0) is 14.4. The van der Waals surface area contributed by atoms with Crippen LogP contribution in [0.3, 0.4) is 0 Å². The fourth-order valence-electron chi connectivity index (χ4n) is 2.70. The summed E-state index contributed by atoms with van der Waals surface area (Å²) in [5.41, 5.74) is 0.362. The molecule has 108 valence electrons. The zero-order valence-corrected chi connectivity index (χ0v) is 12.3. The normalized spacial score (nSPS) is 22.9. The Morgan fingerprint density at radius 2 is 2.20 bits per heavy atom. The lowest BCUT2D eigenvalue weighted by Gasteiger charge is -2.38. The van der Waals surface area contributed by atoms with Gasteiger partial charge < -0.3 is 4.74 Å². The molecule has 0 spiro atoms. The first-order valence-corrected chi connectivity index (χ1v) is 7.23. The highest BCUT2D eigenvalue weighted by Crippen LogP contribution is 2.23. The van der Waals surface area contributed by atoms with Crippen LogP contribution in [0.25, 0.3) is 0 Å². The molecule has 1 aromatic rings. The van der Waals surface area contributed by atoms with E-state index in [1.165, 1.54) is 0 Å². The van der Waals surface area contributed by atoms with Crippen molar-refractivity contribution >= 4 is 0 Å². The topological polar surface area (TPSA) is 48.3 Å². The van der Waals surface area contributed by atoms with Crippen molar-refractivity contribution < 1.29 is 4.74 Å². The summed E-state index contributed by atoms with van der Waals surface area (Å²) in [6.45, 7) is 5.35. The standard InChI is InChI=1S/C16H23N3O/c1-3-15-11-19(9-10-20-15)13-16(12-17,18-2)14-7-5-4-6-8-14/h4-8,15,18H,3,9-11,13H2,1-2H3. The number of hydrogen-bond donors (Lipinski definition) is 1. The van der Waals surface area contributed by atoms with E-state index in [-0.39, 0.29) is 6.10 Å². The zero-order valence-electron chi connectivity index (χ0n) is 12.3. The van der Waals surface area contributed by atoms with E-state index in [1.54, 1.807) is 0 Å². The Labute approximate surface area is 121 Å². The Hall–Kier alpha value is -1.41. The summed E-state index contributed by atoms with van der Waals surface area (Å²) >= 11 is 0. The van der Waals surface area contributed by atoms with Gasteiger partial charge in [-0.15, -0.1) is 0 Å². The predicted molar refractivity (Wildman–Crippen MR) is 79.3 cm³/mol. The third-order valence-electron chi connectivity index (χ3n) is 4.02. The summed E-state index contributed by atoms with van der Waals surface area (Å²) in [5, 5.41) is 12.9. The molecule has 1 fully saturated rings. The van der Waals surface area contributed by atoms with E-state index in [2.05, 4.69) is 23.2 Å². The van der Waals surface area contributed by atoms with Crippen LogP contribution < -0.4 is 5.32 Å². The van der Waals surface area contributed by atoms with Crippen LogP contribution in [-0.2, 0) is 10.3 Å². The molecule has 2 unspecified atom stereocenters. The highest BCUT2D eigenvalue weighted by molar-refractivity contribution is 5.32. The molecule has 2 atom stereocenters. The van der Waals surface area contributed by atoms with Gasteiger partial charge in [0, 0.05) is 19.6 Å². The number of rotatable bonds is 5. The summed E-state index contributed by atoms with van der Waals surface area (Å²) in [5.74, 6) is 0. The number of likely N-dealkylation sites (N-methyl/N-ethyl adjacent to an activating group) is 1. The molecule has 1 aliphatic heterocycles. The molecule has 0 saturated carbocycles. The average molecular weight is 273 g/mol. The average Bonchev–Trinajstić information content (AvgIpc) is 2.54. The van der Waals surface area contributed by atoms with E-state index >= 15 is 0 Å². The van der Waals surface area contributed by atoms with E-state index in [4.69, 9.17) is 4.74 Å². The summed E-state index contributed by atoms with van der Waals surface area (Å²) in [7, 11) is 1.86.